The summed E-state index contributed by atoms with van der Waals surface area (Å²) >= 11 is 0. The highest BCUT2D eigenvalue weighted by Gasteiger charge is 2.31. The molecular weight excluding hydrogens is 283 g/mol. The summed E-state index contributed by atoms with van der Waals surface area (Å²) in [6, 6.07) is 1.73. The van der Waals surface area contributed by atoms with Gasteiger partial charge in [-0.1, -0.05) is 39.0 Å². The molecule has 1 heterocycles. The van der Waals surface area contributed by atoms with Gasteiger partial charge in [0.25, 0.3) is 0 Å². The van der Waals surface area contributed by atoms with E-state index in [0.717, 1.165) is 31.4 Å². The SMILES string of the molecule is CCCCCCCCOc1cc(C(F)(F)F)cc(NN)n1. The number of halogens is 3. The molecule has 0 aliphatic rings. The fourth-order valence-electron chi connectivity index (χ4n) is 1.88. The van der Waals surface area contributed by atoms with Crippen molar-refractivity contribution in [2.45, 2.75) is 51.6 Å². The number of nitrogens with two attached hydrogens (primary N) is 1. The molecule has 1 rings (SSSR count). The first-order valence-corrected chi connectivity index (χ1v) is 7.16. The van der Waals surface area contributed by atoms with E-state index >= 15 is 0 Å². The summed E-state index contributed by atoms with van der Waals surface area (Å²) in [5.41, 5.74) is 1.28. The molecule has 0 aromatic carbocycles. The molecule has 0 saturated carbocycles. The average molecular weight is 305 g/mol. The van der Waals surface area contributed by atoms with Crippen molar-refractivity contribution < 1.29 is 17.9 Å². The minimum Gasteiger partial charge on any atom is -0.478 e. The molecule has 120 valence electrons. The number of hydrazine groups is 1. The number of rotatable bonds is 9. The molecule has 0 amide bonds. The monoisotopic (exact) mass is 305 g/mol. The second kappa shape index (κ2) is 8.71. The summed E-state index contributed by atoms with van der Waals surface area (Å²) in [7, 11) is 0. The van der Waals surface area contributed by atoms with Gasteiger partial charge in [-0.25, -0.2) is 5.84 Å². The van der Waals surface area contributed by atoms with Crippen LogP contribution in [0.25, 0.3) is 0 Å². The van der Waals surface area contributed by atoms with Gasteiger partial charge in [0.15, 0.2) is 0 Å². The number of anilines is 1. The average Bonchev–Trinajstić information content (AvgIpc) is 2.45. The molecule has 0 radical (unpaired) electrons. The van der Waals surface area contributed by atoms with Crippen LogP contribution < -0.4 is 16.0 Å². The quantitative estimate of drug-likeness (QED) is 0.409. The minimum atomic E-state index is -4.45. The number of nitrogens with one attached hydrogen (secondary N) is 1. The van der Waals surface area contributed by atoms with E-state index in [4.69, 9.17) is 10.6 Å². The summed E-state index contributed by atoms with van der Waals surface area (Å²) in [6.45, 7) is 2.50. The molecule has 0 aliphatic carbocycles. The summed E-state index contributed by atoms with van der Waals surface area (Å²) in [5.74, 6) is 4.99. The van der Waals surface area contributed by atoms with Crippen LogP contribution in [0, 0.1) is 0 Å². The molecule has 3 N–H and O–H groups in total. The van der Waals surface area contributed by atoms with E-state index in [2.05, 4.69) is 17.3 Å². The van der Waals surface area contributed by atoms with E-state index in [9.17, 15) is 13.2 Å². The summed E-state index contributed by atoms with van der Waals surface area (Å²) < 4.78 is 43.4. The van der Waals surface area contributed by atoms with E-state index in [0.29, 0.717) is 6.61 Å². The van der Waals surface area contributed by atoms with Crippen LogP contribution in [0.4, 0.5) is 19.0 Å². The number of nitrogens with zero attached hydrogens (tertiary/aromatic N) is 1. The summed E-state index contributed by atoms with van der Waals surface area (Å²) in [4.78, 5) is 3.85. The second-order valence-electron chi connectivity index (χ2n) is 4.84. The van der Waals surface area contributed by atoms with Gasteiger partial charge in [0, 0.05) is 6.07 Å². The topological polar surface area (TPSA) is 60.2 Å². The standard InChI is InChI=1S/C14H22F3N3O/c1-2-3-4-5-6-7-8-21-13-10-11(14(15,16)17)9-12(19-13)20-18/h9-10H,2-8,18H2,1H3,(H,19,20). The largest absolute Gasteiger partial charge is 0.478 e. The van der Waals surface area contributed by atoms with Crippen molar-refractivity contribution in [1.82, 2.24) is 4.98 Å². The van der Waals surface area contributed by atoms with Crippen LogP contribution in [0.3, 0.4) is 0 Å². The number of nitrogen functional groups attached to an aromatic ring is 1. The zero-order valence-electron chi connectivity index (χ0n) is 12.2. The lowest BCUT2D eigenvalue weighted by Crippen LogP contribution is -2.13. The van der Waals surface area contributed by atoms with Crippen LogP contribution >= 0.6 is 0 Å². The molecule has 21 heavy (non-hydrogen) atoms. The summed E-state index contributed by atoms with van der Waals surface area (Å²) in [5, 5.41) is 0. The molecule has 1 aromatic rings. The molecule has 4 nitrogen and oxygen atoms in total. The lowest BCUT2D eigenvalue weighted by atomic mass is 10.1. The smallest absolute Gasteiger partial charge is 0.416 e. The van der Waals surface area contributed by atoms with Gasteiger partial charge in [0.1, 0.15) is 5.82 Å². The Hall–Kier alpha value is -1.50. The maximum Gasteiger partial charge on any atom is 0.416 e. The number of unbranched alkanes of at least 4 members (excludes halogenated alkanes) is 5. The highest BCUT2D eigenvalue weighted by molar-refractivity contribution is 5.41. The molecule has 0 bridgehead atoms. The van der Waals surface area contributed by atoms with E-state index in [-0.39, 0.29) is 11.7 Å². The number of pyridine rings is 1. The normalized spacial score (nSPS) is 11.5. The molecule has 1 aromatic heterocycles. The van der Waals surface area contributed by atoms with Gasteiger partial charge in [0.2, 0.25) is 5.88 Å². The Kier molecular flexibility index (Phi) is 7.28. The van der Waals surface area contributed by atoms with E-state index in [1.165, 1.54) is 19.3 Å². The van der Waals surface area contributed by atoms with Crippen LogP contribution in [-0.2, 0) is 6.18 Å². The van der Waals surface area contributed by atoms with E-state index in [1.54, 1.807) is 0 Å². The highest BCUT2D eigenvalue weighted by atomic mass is 19.4. The molecule has 0 atom stereocenters. The Morgan fingerprint density at radius 1 is 1.14 bits per heavy atom. The van der Waals surface area contributed by atoms with Gasteiger partial charge in [-0.3, -0.25) is 0 Å². The Morgan fingerprint density at radius 2 is 1.81 bits per heavy atom. The van der Waals surface area contributed by atoms with E-state index < -0.39 is 11.7 Å². The maximum atomic E-state index is 12.7. The van der Waals surface area contributed by atoms with Crippen molar-refractivity contribution >= 4 is 5.82 Å². The predicted octanol–water partition coefficient (Wildman–Crippen LogP) is 4.13. The van der Waals surface area contributed by atoms with Crippen LogP contribution in [0.2, 0.25) is 0 Å². The molecule has 0 saturated heterocycles. The fourth-order valence-corrected chi connectivity index (χ4v) is 1.88. The van der Waals surface area contributed by atoms with Crippen molar-refractivity contribution in [3.05, 3.63) is 17.7 Å². The van der Waals surface area contributed by atoms with Crippen LogP contribution in [-0.4, -0.2) is 11.6 Å². The Bertz CT molecular complexity index is 424. The minimum absolute atomic E-state index is 0.0636. The number of hydrogen-bond donors (Lipinski definition) is 2. The third-order valence-electron chi connectivity index (χ3n) is 3.02. The lowest BCUT2D eigenvalue weighted by Gasteiger charge is -2.12. The first-order valence-electron chi connectivity index (χ1n) is 7.16. The maximum absolute atomic E-state index is 12.7. The van der Waals surface area contributed by atoms with Crippen molar-refractivity contribution in [1.29, 1.82) is 0 Å². The Labute approximate surface area is 122 Å². The Morgan fingerprint density at radius 3 is 2.43 bits per heavy atom. The molecule has 7 heteroatoms. The van der Waals surface area contributed by atoms with Crippen LogP contribution in [0.5, 0.6) is 5.88 Å². The van der Waals surface area contributed by atoms with Gasteiger partial charge in [0.05, 0.1) is 12.2 Å². The van der Waals surface area contributed by atoms with Crippen molar-refractivity contribution in [2.75, 3.05) is 12.0 Å². The Balaban J connectivity index is 2.47. The molecule has 0 spiro atoms. The molecular formula is C14H22F3N3O. The zero-order valence-corrected chi connectivity index (χ0v) is 12.2. The number of alkyl halides is 3. The number of hydrogen-bond acceptors (Lipinski definition) is 4. The molecule has 0 aliphatic heterocycles. The van der Waals surface area contributed by atoms with Crippen LogP contribution in [0.15, 0.2) is 12.1 Å². The van der Waals surface area contributed by atoms with Crippen molar-refractivity contribution in [3.8, 4) is 5.88 Å². The van der Waals surface area contributed by atoms with Crippen LogP contribution in [0.1, 0.15) is 51.0 Å². The summed E-state index contributed by atoms with van der Waals surface area (Å²) in [6.07, 6.45) is 2.03. The fraction of sp³-hybridized carbons (Fsp3) is 0.643. The first kappa shape index (κ1) is 17.6. The van der Waals surface area contributed by atoms with Crippen molar-refractivity contribution in [2.24, 2.45) is 5.84 Å². The van der Waals surface area contributed by atoms with Crippen molar-refractivity contribution in [3.63, 3.8) is 0 Å². The lowest BCUT2D eigenvalue weighted by molar-refractivity contribution is -0.137. The third-order valence-corrected chi connectivity index (χ3v) is 3.02. The predicted molar refractivity (Wildman–Crippen MR) is 75.9 cm³/mol. The van der Waals surface area contributed by atoms with Gasteiger partial charge < -0.3 is 10.2 Å². The van der Waals surface area contributed by atoms with E-state index in [1.807, 2.05) is 0 Å². The third kappa shape index (κ3) is 6.66. The zero-order chi connectivity index (χ0) is 15.7. The van der Waals surface area contributed by atoms with Gasteiger partial charge >= 0.3 is 6.18 Å². The molecule has 0 unspecified atom stereocenters. The number of aromatic nitrogens is 1. The highest BCUT2D eigenvalue weighted by Crippen LogP contribution is 2.32. The van der Waals surface area contributed by atoms with Gasteiger partial charge in [-0.05, 0) is 12.5 Å². The first-order chi connectivity index (χ1) is 9.97. The second-order valence-corrected chi connectivity index (χ2v) is 4.84. The van der Waals surface area contributed by atoms with Gasteiger partial charge in [-0.2, -0.15) is 18.2 Å². The van der Waals surface area contributed by atoms with Gasteiger partial charge in [-0.15, -0.1) is 0 Å². The number of ether oxygens (including phenoxy) is 1. The molecule has 0 fully saturated rings.